The van der Waals surface area contributed by atoms with Crippen LogP contribution in [-0.4, -0.2) is 48.4 Å². The molecular formula is C16H15N5O4. The van der Waals surface area contributed by atoms with Crippen molar-refractivity contribution >= 4 is 28.8 Å². The van der Waals surface area contributed by atoms with Gasteiger partial charge in [-0.15, -0.1) is 0 Å². The van der Waals surface area contributed by atoms with Crippen molar-refractivity contribution in [3.05, 3.63) is 42.4 Å². The van der Waals surface area contributed by atoms with Crippen molar-refractivity contribution in [2.24, 2.45) is 0 Å². The number of rotatable bonds is 7. The van der Waals surface area contributed by atoms with E-state index >= 15 is 0 Å². The van der Waals surface area contributed by atoms with Crippen molar-refractivity contribution in [3.63, 3.8) is 0 Å². The van der Waals surface area contributed by atoms with Crippen molar-refractivity contribution in [1.29, 1.82) is 0 Å². The molecule has 9 heteroatoms. The molecule has 3 N–H and O–H groups in total. The number of hydrogen-bond acceptors (Lipinski definition) is 6. The third-order valence-corrected chi connectivity index (χ3v) is 3.56. The predicted molar refractivity (Wildman–Crippen MR) is 89.0 cm³/mol. The molecule has 0 aliphatic rings. The van der Waals surface area contributed by atoms with E-state index in [0.717, 1.165) is 0 Å². The van der Waals surface area contributed by atoms with Crippen LogP contribution in [0.1, 0.15) is 23.2 Å². The smallest absolute Gasteiger partial charge is 0.335 e. The fourth-order valence-corrected chi connectivity index (χ4v) is 2.39. The highest BCUT2D eigenvalue weighted by atomic mass is 16.4. The van der Waals surface area contributed by atoms with Crippen LogP contribution in [0.15, 0.2) is 36.8 Å². The Kier molecular flexibility index (Phi) is 4.55. The maximum Gasteiger partial charge on any atom is 0.335 e. The summed E-state index contributed by atoms with van der Waals surface area (Å²) in [5, 5.41) is 25.8. The molecule has 9 nitrogen and oxygen atoms in total. The molecule has 0 bridgehead atoms. The number of carboxylic acids is 2. The number of carbonyl (C=O) groups is 2. The van der Waals surface area contributed by atoms with E-state index in [9.17, 15) is 9.59 Å². The molecule has 0 aliphatic heterocycles. The molecule has 25 heavy (non-hydrogen) atoms. The molecule has 1 aromatic carbocycles. The number of aromatic carboxylic acids is 1. The van der Waals surface area contributed by atoms with Gasteiger partial charge in [0.15, 0.2) is 5.65 Å². The largest absolute Gasteiger partial charge is 0.481 e. The zero-order chi connectivity index (χ0) is 17.8. The molecule has 2 aromatic heterocycles. The molecule has 3 rings (SSSR count). The van der Waals surface area contributed by atoms with Gasteiger partial charge < -0.3 is 15.5 Å². The van der Waals surface area contributed by atoms with E-state index in [-0.39, 0.29) is 12.0 Å². The number of aliphatic carboxylic acids is 1. The normalized spacial score (nSPS) is 10.7. The van der Waals surface area contributed by atoms with E-state index in [4.69, 9.17) is 10.2 Å². The van der Waals surface area contributed by atoms with Gasteiger partial charge in [-0.2, -0.15) is 5.10 Å². The molecule has 0 radical (unpaired) electrons. The second-order valence-corrected chi connectivity index (χ2v) is 5.30. The first kappa shape index (κ1) is 16.4. The molecule has 0 aliphatic carbocycles. The minimum Gasteiger partial charge on any atom is -0.481 e. The third-order valence-electron chi connectivity index (χ3n) is 3.56. The standard InChI is InChI=1S/C16H15N5O4/c22-13(23)5-2-6-17-14-12-8-20-21(15(12)19-9-18-14)11-4-1-3-10(7-11)16(24)25/h1,3-4,7-9H,2,5-6H2,(H,22,23)(H,24,25)(H,17,18,19). The summed E-state index contributed by atoms with van der Waals surface area (Å²) in [6, 6.07) is 6.39. The maximum atomic E-state index is 11.1. The molecule has 0 fully saturated rings. The molecule has 0 amide bonds. The van der Waals surface area contributed by atoms with E-state index < -0.39 is 11.9 Å². The molecule has 2 heterocycles. The summed E-state index contributed by atoms with van der Waals surface area (Å²) in [5.74, 6) is -1.31. The first-order valence-corrected chi connectivity index (χ1v) is 7.54. The van der Waals surface area contributed by atoms with Crippen LogP contribution in [0.4, 0.5) is 5.82 Å². The zero-order valence-electron chi connectivity index (χ0n) is 13.1. The van der Waals surface area contributed by atoms with Crippen molar-refractivity contribution in [2.75, 3.05) is 11.9 Å². The lowest BCUT2D eigenvalue weighted by Crippen LogP contribution is -2.07. The van der Waals surface area contributed by atoms with Crippen LogP contribution < -0.4 is 5.32 Å². The molecule has 0 spiro atoms. The fraction of sp³-hybridized carbons (Fsp3) is 0.188. The van der Waals surface area contributed by atoms with E-state index in [0.29, 0.717) is 35.5 Å². The van der Waals surface area contributed by atoms with Crippen LogP contribution in [0.25, 0.3) is 16.7 Å². The molecule has 0 unspecified atom stereocenters. The first-order chi connectivity index (χ1) is 12.1. The van der Waals surface area contributed by atoms with Crippen molar-refractivity contribution in [1.82, 2.24) is 19.7 Å². The molecule has 0 saturated heterocycles. The summed E-state index contributed by atoms with van der Waals surface area (Å²) in [5.41, 5.74) is 1.26. The lowest BCUT2D eigenvalue weighted by Gasteiger charge is -2.06. The molecular weight excluding hydrogens is 326 g/mol. The van der Waals surface area contributed by atoms with Crippen molar-refractivity contribution in [2.45, 2.75) is 12.8 Å². The maximum absolute atomic E-state index is 11.1. The minimum absolute atomic E-state index is 0.0719. The van der Waals surface area contributed by atoms with Gasteiger partial charge in [-0.05, 0) is 24.6 Å². The SMILES string of the molecule is O=C(O)CCCNc1ncnc2c1cnn2-c1cccc(C(=O)O)c1. The number of fused-ring (bicyclic) bond motifs is 1. The number of hydrogen-bond donors (Lipinski definition) is 3. The average molecular weight is 341 g/mol. The van der Waals surface area contributed by atoms with E-state index in [1.165, 1.54) is 23.1 Å². The molecule has 3 aromatic rings. The molecule has 0 atom stereocenters. The summed E-state index contributed by atoms with van der Waals surface area (Å²) >= 11 is 0. The Labute approximate surface area is 142 Å². The van der Waals surface area contributed by atoms with Gasteiger partial charge in [0, 0.05) is 13.0 Å². The van der Waals surface area contributed by atoms with Crippen LogP contribution in [0.5, 0.6) is 0 Å². The number of nitrogens with one attached hydrogen (secondary N) is 1. The monoisotopic (exact) mass is 341 g/mol. The van der Waals surface area contributed by atoms with Gasteiger partial charge in [0.1, 0.15) is 12.1 Å². The van der Waals surface area contributed by atoms with Gasteiger partial charge in [0.25, 0.3) is 0 Å². The van der Waals surface area contributed by atoms with E-state index in [1.54, 1.807) is 18.3 Å². The summed E-state index contributed by atoms with van der Waals surface area (Å²) < 4.78 is 1.53. The third kappa shape index (κ3) is 3.55. The topological polar surface area (TPSA) is 130 Å². The number of anilines is 1. The number of aromatic nitrogens is 4. The Bertz CT molecular complexity index is 937. The predicted octanol–water partition coefficient (Wildman–Crippen LogP) is 1.79. The highest BCUT2D eigenvalue weighted by Crippen LogP contribution is 2.22. The summed E-state index contributed by atoms with van der Waals surface area (Å²) in [4.78, 5) is 30.1. The van der Waals surface area contributed by atoms with E-state index in [2.05, 4.69) is 20.4 Å². The first-order valence-electron chi connectivity index (χ1n) is 7.54. The molecule has 0 saturated carbocycles. The van der Waals surface area contributed by atoms with Crippen LogP contribution in [0.3, 0.4) is 0 Å². The van der Waals surface area contributed by atoms with Gasteiger partial charge in [-0.3, -0.25) is 4.79 Å². The fourth-order valence-electron chi connectivity index (χ4n) is 2.39. The van der Waals surface area contributed by atoms with Gasteiger partial charge in [0.05, 0.1) is 22.8 Å². The van der Waals surface area contributed by atoms with E-state index in [1.807, 2.05) is 0 Å². The Morgan fingerprint density at radius 1 is 1.20 bits per heavy atom. The highest BCUT2D eigenvalue weighted by Gasteiger charge is 2.12. The Balaban J connectivity index is 1.89. The number of benzene rings is 1. The quantitative estimate of drug-likeness (QED) is 0.554. The van der Waals surface area contributed by atoms with Gasteiger partial charge in [-0.25, -0.2) is 19.4 Å². The Morgan fingerprint density at radius 3 is 2.80 bits per heavy atom. The van der Waals surface area contributed by atoms with Crippen LogP contribution in [0, 0.1) is 0 Å². The zero-order valence-corrected chi connectivity index (χ0v) is 13.1. The highest BCUT2D eigenvalue weighted by molar-refractivity contribution is 5.89. The summed E-state index contributed by atoms with van der Waals surface area (Å²) in [7, 11) is 0. The Morgan fingerprint density at radius 2 is 2.04 bits per heavy atom. The van der Waals surface area contributed by atoms with Gasteiger partial charge in [0.2, 0.25) is 0 Å². The van der Waals surface area contributed by atoms with Crippen LogP contribution in [0.2, 0.25) is 0 Å². The lowest BCUT2D eigenvalue weighted by atomic mass is 10.2. The summed E-state index contributed by atoms with van der Waals surface area (Å²) in [6.07, 6.45) is 3.50. The minimum atomic E-state index is -1.02. The van der Waals surface area contributed by atoms with Gasteiger partial charge in [-0.1, -0.05) is 6.07 Å². The van der Waals surface area contributed by atoms with Crippen LogP contribution in [-0.2, 0) is 4.79 Å². The number of carboxylic acid groups (broad SMARTS) is 2. The second kappa shape index (κ2) is 6.95. The van der Waals surface area contributed by atoms with Crippen molar-refractivity contribution in [3.8, 4) is 5.69 Å². The second-order valence-electron chi connectivity index (χ2n) is 5.30. The van der Waals surface area contributed by atoms with Crippen molar-refractivity contribution < 1.29 is 19.8 Å². The average Bonchev–Trinajstić information content (AvgIpc) is 3.03. The molecule has 128 valence electrons. The van der Waals surface area contributed by atoms with Crippen LogP contribution >= 0.6 is 0 Å². The summed E-state index contributed by atoms with van der Waals surface area (Å²) in [6.45, 7) is 0.456. The number of nitrogens with zero attached hydrogens (tertiary/aromatic N) is 4. The lowest BCUT2D eigenvalue weighted by molar-refractivity contribution is -0.137. The Hall–Kier alpha value is -3.49. The van der Waals surface area contributed by atoms with Gasteiger partial charge >= 0.3 is 11.9 Å².